The van der Waals surface area contributed by atoms with Gasteiger partial charge < -0.3 is 10.2 Å². The molecule has 6 heteroatoms. The van der Waals surface area contributed by atoms with Gasteiger partial charge in [0.05, 0.1) is 6.42 Å². The molecule has 3 nitrogen and oxygen atoms in total. The van der Waals surface area contributed by atoms with Crippen molar-refractivity contribution in [3.8, 4) is 0 Å². The maximum Gasteiger partial charge on any atom is 0.390 e. The van der Waals surface area contributed by atoms with Crippen LogP contribution in [-0.4, -0.2) is 36.2 Å². The summed E-state index contributed by atoms with van der Waals surface area (Å²) in [5.41, 5.74) is -0.441. The zero-order chi connectivity index (χ0) is 12.3. The van der Waals surface area contributed by atoms with Crippen molar-refractivity contribution in [2.75, 3.05) is 13.6 Å². The first kappa shape index (κ1) is 14.1. The Morgan fingerprint density at radius 1 is 1.27 bits per heavy atom. The fourth-order valence-electron chi connectivity index (χ4n) is 0.812. The van der Waals surface area contributed by atoms with E-state index in [1.165, 1.54) is 7.05 Å². The lowest BCUT2D eigenvalue weighted by Gasteiger charge is -2.25. The van der Waals surface area contributed by atoms with Gasteiger partial charge in [-0.15, -0.1) is 0 Å². The molecule has 0 aromatic rings. The van der Waals surface area contributed by atoms with Crippen LogP contribution >= 0.6 is 0 Å². The predicted molar refractivity (Wildman–Crippen MR) is 51.6 cm³/mol. The van der Waals surface area contributed by atoms with Gasteiger partial charge in [-0.2, -0.15) is 13.2 Å². The Morgan fingerprint density at radius 3 is 2.07 bits per heavy atom. The summed E-state index contributed by atoms with van der Waals surface area (Å²) in [6.07, 6.45) is -5.21. The Hall–Kier alpha value is -0.940. The van der Waals surface area contributed by atoms with Gasteiger partial charge >= 0.3 is 12.2 Å². The van der Waals surface area contributed by atoms with Gasteiger partial charge in [-0.3, -0.25) is 0 Å². The minimum absolute atomic E-state index is 0.328. The standard InChI is InChI=1S/C9H17F3N2O/c1-8(2,3)13-7(15)14(4)6-5-9(10,11)12/h5-6H2,1-4H3,(H,13,15). The summed E-state index contributed by atoms with van der Waals surface area (Å²) in [5.74, 6) is 0. The SMILES string of the molecule is CN(CCC(F)(F)F)C(=O)NC(C)(C)C. The van der Waals surface area contributed by atoms with Gasteiger partial charge in [0.1, 0.15) is 0 Å². The minimum Gasteiger partial charge on any atom is -0.333 e. The number of rotatable bonds is 2. The number of alkyl halides is 3. The molecule has 15 heavy (non-hydrogen) atoms. The van der Waals surface area contributed by atoms with Crippen molar-refractivity contribution >= 4 is 6.03 Å². The van der Waals surface area contributed by atoms with E-state index in [1.807, 2.05) is 0 Å². The van der Waals surface area contributed by atoms with Gasteiger partial charge in [-0.25, -0.2) is 4.79 Å². The summed E-state index contributed by atoms with van der Waals surface area (Å²) < 4.78 is 35.6. The van der Waals surface area contributed by atoms with Crippen LogP contribution in [0.25, 0.3) is 0 Å². The van der Waals surface area contributed by atoms with Crippen LogP contribution in [0.15, 0.2) is 0 Å². The van der Waals surface area contributed by atoms with E-state index in [-0.39, 0.29) is 6.54 Å². The van der Waals surface area contributed by atoms with E-state index in [1.54, 1.807) is 20.8 Å². The van der Waals surface area contributed by atoms with Crippen molar-refractivity contribution in [1.29, 1.82) is 0 Å². The average molecular weight is 226 g/mol. The molecule has 0 rings (SSSR count). The summed E-state index contributed by atoms with van der Waals surface area (Å²) in [5, 5.41) is 2.57. The lowest BCUT2D eigenvalue weighted by atomic mass is 10.1. The number of hydrogen-bond donors (Lipinski definition) is 1. The highest BCUT2D eigenvalue weighted by Gasteiger charge is 2.28. The van der Waals surface area contributed by atoms with Crippen LogP contribution in [0, 0.1) is 0 Å². The molecule has 0 heterocycles. The van der Waals surface area contributed by atoms with Crippen LogP contribution in [0.3, 0.4) is 0 Å². The second kappa shape index (κ2) is 4.72. The van der Waals surface area contributed by atoms with Crippen molar-refractivity contribution < 1.29 is 18.0 Å². The van der Waals surface area contributed by atoms with E-state index < -0.39 is 24.2 Å². The largest absolute Gasteiger partial charge is 0.390 e. The Kier molecular flexibility index (Phi) is 4.42. The molecular weight excluding hydrogens is 209 g/mol. The highest BCUT2D eigenvalue weighted by Crippen LogP contribution is 2.19. The number of nitrogens with one attached hydrogen (secondary N) is 1. The molecule has 0 aliphatic rings. The smallest absolute Gasteiger partial charge is 0.333 e. The molecule has 0 saturated heterocycles. The van der Waals surface area contributed by atoms with E-state index in [0.29, 0.717) is 0 Å². The first-order chi connectivity index (χ1) is 6.51. The van der Waals surface area contributed by atoms with E-state index in [0.717, 1.165) is 4.90 Å². The minimum atomic E-state index is -4.23. The van der Waals surface area contributed by atoms with Crippen LogP contribution in [0.1, 0.15) is 27.2 Å². The number of amides is 2. The number of nitrogens with zero attached hydrogens (tertiary/aromatic N) is 1. The van der Waals surface area contributed by atoms with Gasteiger partial charge in [0, 0.05) is 19.1 Å². The molecule has 0 spiro atoms. The zero-order valence-electron chi connectivity index (χ0n) is 9.40. The maximum atomic E-state index is 11.9. The van der Waals surface area contributed by atoms with Crippen LogP contribution in [0.5, 0.6) is 0 Å². The van der Waals surface area contributed by atoms with Crippen molar-refractivity contribution in [2.24, 2.45) is 0 Å². The molecule has 0 aliphatic carbocycles. The normalized spacial score (nSPS) is 12.5. The van der Waals surface area contributed by atoms with Crippen LogP contribution in [-0.2, 0) is 0 Å². The Labute approximate surface area is 87.6 Å². The third kappa shape index (κ3) is 8.08. The molecule has 0 unspecified atom stereocenters. The molecule has 0 aromatic carbocycles. The average Bonchev–Trinajstić information content (AvgIpc) is 1.95. The maximum absolute atomic E-state index is 11.9. The van der Waals surface area contributed by atoms with Gasteiger partial charge in [-0.05, 0) is 20.8 Å². The molecule has 0 fully saturated rings. The monoisotopic (exact) mass is 226 g/mol. The molecular formula is C9H17F3N2O. The number of carbonyl (C=O) groups is 1. The van der Waals surface area contributed by atoms with Gasteiger partial charge in [0.2, 0.25) is 0 Å². The summed E-state index contributed by atoms with van der Waals surface area (Å²) in [6.45, 7) is 4.97. The fraction of sp³-hybridized carbons (Fsp3) is 0.889. The fourth-order valence-corrected chi connectivity index (χ4v) is 0.812. The quantitative estimate of drug-likeness (QED) is 0.770. The van der Waals surface area contributed by atoms with E-state index in [2.05, 4.69) is 5.32 Å². The second-order valence-corrected chi connectivity index (χ2v) is 4.47. The van der Waals surface area contributed by atoms with Crippen molar-refractivity contribution in [3.63, 3.8) is 0 Å². The number of hydrogen-bond acceptors (Lipinski definition) is 1. The third-order valence-corrected chi connectivity index (χ3v) is 1.56. The molecule has 0 atom stereocenters. The first-order valence-electron chi connectivity index (χ1n) is 4.61. The molecule has 2 amide bonds. The molecule has 0 saturated carbocycles. The van der Waals surface area contributed by atoms with Gasteiger partial charge in [0.25, 0.3) is 0 Å². The number of urea groups is 1. The Balaban J connectivity index is 4.01. The number of halogens is 3. The molecule has 0 aliphatic heterocycles. The van der Waals surface area contributed by atoms with Crippen molar-refractivity contribution in [2.45, 2.75) is 38.9 Å². The van der Waals surface area contributed by atoms with Gasteiger partial charge in [0.15, 0.2) is 0 Å². The lowest BCUT2D eigenvalue weighted by molar-refractivity contribution is -0.136. The van der Waals surface area contributed by atoms with Crippen molar-refractivity contribution in [3.05, 3.63) is 0 Å². The lowest BCUT2D eigenvalue weighted by Crippen LogP contribution is -2.47. The molecule has 0 bridgehead atoms. The predicted octanol–water partition coefficient (Wildman–Crippen LogP) is 2.38. The molecule has 1 N–H and O–H groups in total. The molecule has 0 radical (unpaired) electrons. The Bertz CT molecular complexity index is 220. The number of carbonyl (C=O) groups excluding carboxylic acids is 1. The van der Waals surface area contributed by atoms with E-state index >= 15 is 0 Å². The summed E-state index contributed by atoms with van der Waals surface area (Å²) in [6, 6.07) is -0.494. The summed E-state index contributed by atoms with van der Waals surface area (Å²) in [4.78, 5) is 12.3. The topological polar surface area (TPSA) is 32.3 Å². The van der Waals surface area contributed by atoms with Crippen molar-refractivity contribution in [1.82, 2.24) is 10.2 Å². The Morgan fingerprint density at radius 2 is 1.73 bits per heavy atom. The molecule has 0 aromatic heterocycles. The van der Waals surface area contributed by atoms with E-state index in [9.17, 15) is 18.0 Å². The summed E-state index contributed by atoms with van der Waals surface area (Å²) in [7, 11) is 1.34. The van der Waals surface area contributed by atoms with Crippen LogP contribution in [0.4, 0.5) is 18.0 Å². The second-order valence-electron chi connectivity index (χ2n) is 4.47. The first-order valence-corrected chi connectivity index (χ1v) is 4.61. The summed E-state index contributed by atoms with van der Waals surface area (Å²) >= 11 is 0. The molecule has 90 valence electrons. The highest BCUT2D eigenvalue weighted by molar-refractivity contribution is 5.74. The third-order valence-electron chi connectivity index (χ3n) is 1.56. The van der Waals surface area contributed by atoms with Crippen LogP contribution < -0.4 is 5.32 Å². The van der Waals surface area contributed by atoms with Gasteiger partial charge in [-0.1, -0.05) is 0 Å². The van der Waals surface area contributed by atoms with E-state index in [4.69, 9.17) is 0 Å². The highest BCUT2D eigenvalue weighted by atomic mass is 19.4. The van der Waals surface area contributed by atoms with Crippen LogP contribution in [0.2, 0.25) is 0 Å². The zero-order valence-corrected chi connectivity index (χ0v) is 9.40.